The van der Waals surface area contributed by atoms with Crippen molar-refractivity contribution in [2.24, 2.45) is 0 Å². The first-order valence-corrected chi connectivity index (χ1v) is 11.4. The molecule has 2 aromatic carbocycles. The molecule has 0 bridgehead atoms. The molecule has 0 aliphatic carbocycles. The first kappa shape index (κ1) is 20.7. The van der Waals surface area contributed by atoms with E-state index < -0.39 is 5.82 Å². The number of halogens is 1. The van der Waals surface area contributed by atoms with Gasteiger partial charge in [-0.2, -0.15) is 0 Å². The van der Waals surface area contributed by atoms with E-state index in [0.29, 0.717) is 32.5 Å². The van der Waals surface area contributed by atoms with Crippen LogP contribution in [-0.2, 0) is 6.42 Å². The van der Waals surface area contributed by atoms with Crippen molar-refractivity contribution in [1.29, 1.82) is 0 Å². The van der Waals surface area contributed by atoms with Gasteiger partial charge in [0.25, 0.3) is 5.91 Å². The van der Waals surface area contributed by atoms with E-state index in [9.17, 15) is 14.0 Å². The zero-order chi connectivity index (χ0) is 21.1. The molecular weight excluding hydrogens is 401 g/mol. The molecular formula is C23H26FN3O2S. The fourth-order valence-electron chi connectivity index (χ4n) is 4.18. The Kier molecular flexibility index (Phi) is 5.99. The van der Waals surface area contributed by atoms with Crippen molar-refractivity contribution in [2.75, 3.05) is 30.7 Å². The summed E-state index contributed by atoms with van der Waals surface area (Å²) in [6.45, 7) is 3.83. The number of anilines is 1. The van der Waals surface area contributed by atoms with Gasteiger partial charge < -0.3 is 15.1 Å². The third-order valence-electron chi connectivity index (χ3n) is 5.97. The SMILES string of the molecule is CCc1ccc(NC(=O)N2CCC3(CC2)SCCN3C(=O)c2ccccc2F)cc1. The van der Waals surface area contributed by atoms with Crippen LogP contribution in [0, 0.1) is 5.82 Å². The highest BCUT2D eigenvalue weighted by atomic mass is 32.2. The molecule has 2 aromatic rings. The number of carbonyl (C=O) groups excluding carboxylic acids is 2. The lowest BCUT2D eigenvalue weighted by atomic mass is 10.0. The number of rotatable bonds is 3. The van der Waals surface area contributed by atoms with Crippen molar-refractivity contribution < 1.29 is 14.0 Å². The Morgan fingerprint density at radius 2 is 1.77 bits per heavy atom. The van der Waals surface area contributed by atoms with Gasteiger partial charge in [0.05, 0.1) is 10.4 Å². The van der Waals surface area contributed by atoms with E-state index in [1.165, 1.54) is 11.6 Å². The summed E-state index contributed by atoms with van der Waals surface area (Å²) in [6, 6.07) is 13.9. The molecule has 5 nitrogen and oxygen atoms in total. The van der Waals surface area contributed by atoms with E-state index in [4.69, 9.17) is 0 Å². The van der Waals surface area contributed by atoms with Crippen LogP contribution >= 0.6 is 11.8 Å². The molecule has 4 rings (SSSR count). The molecule has 2 heterocycles. The second kappa shape index (κ2) is 8.68. The largest absolute Gasteiger partial charge is 0.324 e. The molecule has 3 amide bonds. The fraction of sp³-hybridized carbons (Fsp3) is 0.391. The second-order valence-electron chi connectivity index (χ2n) is 7.70. The van der Waals surface area contributed by atoms with Gasteiger partial charge in [-0.05, 0) is 49.1 Å². The number of hydrogen-bond donors (Lipinski definition) is 1. The smallest absolute Gasteiger partial charge is 0.321 e. The van der Waals surface area contributed by atoms with Gasteiger partial charge in [0.2, 0.25) is 0 Å². The summed E-state index contributed by atoms with van der Waals surface area (Å²) in [5, 5.41) is 2.96. The van der Waals surface area contributed by atoms with E-state index >= 15 is 0 Å². The molecule has 1 spiro atoms. The number of piperidine rings is 1. The van der Waals surface area contributed by atoms with Gasteiger partial charge in [0.1, 0.15) is 5.82 Å². The van der Waals surface area contributed by atoms with Crippen LogP contribution in [0.2, 0.25) is 0 Å². The van der Waals surface area contributed by atoms with Crippen LogP contribution in [0.3, 0.4) is 0 Å². The van der Waals surface area contributed by atoms with Gasteiger partial charge in [-0.1, -0.05) is 31.2 Å². The molecule has 1 N–H and O–H groups in total. The number of carbonyl (C=O) groups is 2. The predicted octanol–water partition coefficient (Wildman–Crippen LogP) is 4.60. The molecule has 0 radical (unpaired) electrons. The Morgan fingerprint density at radius 3 is 2.43 bits per heavy atom. The molecule has 2 aliphatic heterocycles. The van der Waals surface area contributed by atoms with Gasteiger partial charge in [-0.15, -0.1) is 11.8 Å². The number of aryl methyl sites for hydroxylation is 1. The summed E-state index contributed by atoms with van der Waals surface area (Å²) in [5.74, 6) is 0.0864. The molecule has 0 atom stereocenters. The van der Waals surface area contributed by atoms with Gasteiger partial charge in [0.15, 0.2) is 0 Å². The van der Waals surface area contributed by atoms with E-state index in [1.807, 2.05) is 29.2 Å². The molecule has 0 aromatic heterocycles. The van der Waals surface area contributed by atoms with Crippen molar-refractivity contribution in [2.45, 2.75) is 31.1 Å². The van der Waals surface area contributed by atoms with E-state index in [2.05, 4.69) is 12.2 Å². The number of thioether (sulfide) groups is 1. The fourth-order valence-corrected chi connectivity index (χ4v) is 5.63. The normalized spacial score (nSPS) is 17.9. The average molecular weight is 428 g/mol. The van der Waals surface area contributed by atoms with Crippen molar-refractivity contribution >= 4 is 29.4 Å². The van der Waals surface area contributed by atoms with Crippen molar-refractivity contribution in [3.05, 3.63) is 65.5 Å². The molecule has 2 aliphatic rings. The van der Waals surface area contributed by atoms with E-state index in [-0.39, 0.29) is 22.4 Å². The molecule has 2 fully saturated rings. The minimum absolute atomic E-state index is 0.120. The number of amides is 3. The highest BCUT2D eigenvalue weighted by molar-refractivity contribution is 8.00. The predicted molar refractivity (Wildman–Crippen MR) is 118 cm³/mol. The zero-order valence-electron chi connectivity index (χ0n) is 17.1. The van der Waals surface area contributed by atoms with Crippen LogP contribution in [0.4, 0.5) is 14.9 Å². The maximum absolute atomic E-state index is 14.2. The lowest BCUT2D eigenvalue weighted by molar-refractivity contribution is 0.0581. The molecule has 30 heavy (non-hydrogen) atoms. The molecule has 7 heteroatoms. The first-order chi connectivity index (χ1) is 14.5. The summed E-state index contributed by atoms with van der Waals surface area (Å²) in [7, 11) is 0. The number of benzene rings is 2. The molecule has 0 saturated carbocycles. The highest BCUT2D eigenvalue weighted by Gasteiger charge is 2.47. The highest BCUT2D eigenvalue weighted by Crippen LogP contribution is 2.44. The van der Waals surface area contributed by atoms with Crippen molar-refractivity contribution in [1.82, 2.24) is 9.80 Å². The third kappa shape index (κ3) is 4.03. The van der Waals surface area contributed by atoms with Crippen LogP contribution in [0.15, 0.2) is 48.5 Å². The Labute approximate surface area is 180 Å². The van der Waals surface area contributed by atoms with Crippen molar-refractivity contribution in [3.63, 3.8) is 0 Å². The first-order valence-electron chi connectivity index (χ1n) is 10.4. The maximum atomic E-state index is 14.2. The minimum Gasteiger partial charge on any atom is -0.324 e. The Balaban J connectivity index is 1.40. The maximum Gasteiger partial charge on any atom is 0.321 e. The van der Waals surface area contributed by atoms with Gasteiger partial charge in [0, 0.05) is 31.1 Å². The van der Waals surface area contributed by atoms with E-state index in [0.717, 1.165) is 17.9 Å². The lowest BCUT2D eigenvalue weighted by Gasteiger charge is -2.44. The number of likely N-dealkylation sites (tertiary alicyclic amines) is 1. The molecule has 0 unspecified atom stereocenters. The Hall–Kier alpha value is -2.54. The lowest BCUT2D eigenvalue weighted by Crippen LogP contribution is -2.54. The molecule has 2 saturated heterocycles. The zero-order valence-corrected chi connectivity index (χ0v) is 17.9. The van der Waals surface area contributed by atoms with E-state index in [1.54, 1.807) is 34.9 Å². The monoisotopic (exact) mass is 427 g/mol. The quantitative estimate of drug-likeness (QED) is 0.779. The summed E-state index contributed by atoms with van der Waals surface area (Å²) < 4.78 is 14.2. The summed E-state index contributed by atoms with van der Waals surface area (Å²) in [6.07, 6.45) is 2.32. The summed E-state index contributed by atoms with van der Waals surface area (Å²) in [4.78, 5) is 29.0. The van der Waals surface area contributed by atoms with Crippen LogP contribution < -0.4 is 5.32 Å². The number of urea groups is 1. The summed E-state index contributed by atoms with van der Waals surface area (Å²) >= 11 is 1.75. The standard InChI is InChI=1S/C23H26FN3O2S/c1-2-17-7-9-18(10-8-17)25-22(29)26-13-11-23(12-14-26)27(15-16-30-23)21(28)19-5-3-4-6-20(19)24/h3-10H,2,11-16H2,1H3,(H,25,29). The second-order valence-corrected chi connectivity index (χ2v) is 9.16. The molecule has 158 valence electrons. The van der Waals surface area contributed by atoms with Gasteiger partial charge in [-0.3, -0.25) is 4.79 Å². The van der Waals surface area contributed by atoms with Crippen molar-refractivity contribution in [3.8, 4) is 0 Å². The van der Waals surface area contributed by atoms with Crippen LogP contribution in [0.1, 0.15) is 35.7 Å². The Bertz CT molecular complexity index is 926. The third-order valence-corrected chi connectivity index (χ3v) is 7.53. The van der Waals surface area contributed by atoms with Crippen LogP contribution in [0.5, 0.6) is 0 Å². The average Bonchev–Trinajstić information content (AvgIpc) is 3.17. The number of nitrogens with zero attached hydrogens (tertiary/aromatic N) is 2. The number of hydrogen-bond acceptors (Lipinski definition) is 3. The number of nitrogens with one attached hydrogen (secondary N) is 1. The van der Waals surface area contributed by atoms with Gasteiger partial charge >= 0.3 is 6.03 Å². The summed E-state index contributed by atoms with van der Waals surface area (Å²) in [5.41, 5.74) is 2.13. The van der Waals surface area contributed by atoms with Crippen LogP contribution in [-0.4, -0.2) is 52.0 Å². The topological polar surface area (TPSA) is 52.7 Å². The van der Waals surface area contributed by atoms with Gasteiger partial charge in [-0.25, -0.2) is 9.18 Å². The Morgan fingerprint density at radius 1 is 1.07 bits per heavy atom. The van der Waals surface area contributed by atoms with Crippen LogP contribution in [0.25, 0.3) is 0 Å². The minimum atomic E-state index is -0.486.